The van der Waals surface area contributed by atoms with Crippen LogP contribution in [-0.4, -0.2) is 19.8 Å². The Hall–Kier alpha value is -2.28. The van der Waals surface area contributed by atoms with E-state index in [2.05, 4.69) is 9.97 Å². The van der Waals surface area contributed by atoms with Gasteiger partial charge in [-0.15, -0.1) is 22.7 Å². The zero-order chi connectivity index (χ0) is 18.3. The van der Waals surface area contributed by atoms with E-state index in [0.717, 1.165) is 18.1 Å². The van der Waals surface area contributed by atoms with Gasteiger partial charge >= 0.3 is 0 Å². The maximum atomic E-state index is 10.8. The molecule has 0 amide bonds. The molecule has 0 aliphatic heterocycles. The number of aromatic nitrogens is 2. The molecule has 0 atom stereocenters. The minimum atomic E-state index is -0.430. The lowest BCUT2D eigenvalue weighted by molar-refractivity contribution is -0.384. The summed E-state index contributed by atoms with van der Waals surface area (Å²) >= 11 is 2.75. The summed E-state index contributed by atoms with van der Waals surface area (Å²) in [7, 11) is 2.82. The maximum absolute atomic E-state index is 10.8. The molecule has 2 aromatic heterocycles. The van der Waals surface area contributed by atoms with Gasteiger partial charge in [-0.25, -0.2) is 9.97 Å². The molecular weight excluding hydrogens is 416 g/mol. The summed E-state index contributed by atoms with van der Waals surface area (Å²) in [6.07, 6.45) is 0. The molecule has 0 spiro atoms. The molecular formula is C14H6N4O4S4. The maximum Gasteiger partial charge on any atom is 0.270 e. The number of rotatable bonds is 5. The second kappa shape index (κ2) is 6.79. The summed E-state index contributed by atoms with van der Waals surface area (Å²) in [5.74, 6) is 0. The van der Waals surface area contributed by atoms with Crippen LogP contribution in [0.2, 0.25) is 0 Å². The van der Waals surface area contributed by atoms with Crippen molar-refractivity contribution in [3.8, 4) is 0 Å². The summed E-state index contributed by atoms with van der Waals surface area (Å²) in [5, 5.41) is 21.7. The van der Waals surface area contributed by atoms with Gasteiger partial charge in [0.25, 0.3) is 11.4 Å². The van der Waals surface area contributed by atoms with Gasteiger partial charge < -0.3 is 0 Å². The van der Waals surface area contributed by atoms with Crippen molar-refractivity contribution in [1.29, 1.82) is 0 Å². The van der Waals surface area contributed by atoms with Crippen molar-refractivity contribution in [2.75, 3.05) is 0 Å². The fourth-order valence-corrected chi connectivity index (χ4v) is 6.71. The summed E-state index contributed by atoms with van der Waals surface area (Å²) in [4.78, 5) is 29.7. The third-order valence-corrected chi connectivity index (χ3v) is 8.32. The van der Waals surface area contributed by atoms with E-state index in [1.165, 1.54) is 68.5 Å². The number of hydrogen-bond donors (Lipinski definition) is 0. The predicted molar refractivity (Wildman–Crippen MR) is 104 cm³/mol. The topological polar surface area (TPSA) is 112 Å². The molecule has 130 valence electrons. The van der Waals surface area contributed by atoms with Crippen molar-refractivity contribution in [2.24, 2.45) is 0 Å². The minimum Gasteiger partial charge on any atom is -0.258 e. The number of nitro groups is 2. The Kier molecular flexibility index (Phi) is 4.48. The number of thiazole rings is 2. The largest absolute Gasteiger partial charge is 0.270 e. The fraction of sp³-hybridized carbons (Fsp3) is 0. The molecule has 0 saturated carbocycles. The highest BCUT2D eigenvalue weighted by molar-refractivity contribution is 8.77. The quantitative estimate of drug-likeness (QED) is 0.235. The van der Waals surface area contributed by atoms with E-state index in [1.54, 1.807) is 12.1 Å². The van der Waals surface area contributed by atoms with Crippen LogP contribution in [0.1, 0.15) is 0 Å². The van der Waals surface area contributed by atoms with Gasteiger partial charge in [0.1, 0.15) is 0 Å². The zero-order valence-corrected chi connectivity index (χ0v) is 15.8. The molecule has 0 radical (unpaired) electrons. The first kappa shape index (κ1) is 17.1. The van der Waals surface area contributed by atoms with Gasteiger partial charge in [0.2, 0.25) is 0 Å². The number of hydrogen-bond acceptors (Lipinski definition) is 10. The Labute approximate surface area is 161 Å². The summed E-state index contributed by atoms with van der Waals surface area (Å²) in [5.41, 5.74) is 1.50. The van der Waals surface area contributed by atoms with Crippen molar-refractivity contribution >= 4 is 76.1 Å². The van der Waals surface area contributed by atoms with Crippen LogP contribution in [0.25, 0.3) is 20.4 Å². The standard InChI is InChI=1S/C14H6N4O4S4/c19-17(20)7-1-3-9-11(5-7)23-13(15-9)25-26-14-16-10-4-2-8(18(21)22)6-12(10)24-14/h1-6H. The third kappa shape index (κ3) is 3.35. The van der Waals surface area contributed by atoms with E-state index in [0.29, 0.717) is 11.0 Å². The van der Waals surface area contributed by atoms with Gasteiger partial charge in [-0.3, -0.25) is 20.2 Å². The van der Waals surface area contributed by atoms with E-state index < -0.39 is 9.85 Å². The van der Waals surface area contributed by atoms with Crippen LogP contribution in [0, 0.1) is 20.2 Å². The number of nitrogens with zero attached hydrogens (tertiary/aromatic N) is 4. The Balaban J connectivity index is 1.54. The second-order valence-electron chi connectivity index (χ2n) is 4.94. The molecule has 0 aliphatic carbocycles. The first-order chi connectivity index (χ1) is 12.5. The van der Waals surface area contributed by atoms with Crippen molar-refractivity contribution in [3.63, 3.8) is 0 Å². The van der Waals surface area contributed by atoms with Crippen molar-refractivity contribution in [1.82, 2.24) is 9.97 Å². The molecule has 0 aliphatic rings. The van der Waals surface area contributed by atoms with Gasteiger partial charge in [0.05, 0.1) is 30.3 Å². The summed E-state index contributed by atoms with van der Waals surface area (Å²) in [6, 6.07) is 9.16. The average molecular weight is 422 g/mol. The van der Waals surface area contributed by atoms with Crippen molar-refractivity contribution in [2.45, 2.75) is 8.68 Å². The molecule has 0 saturated heterocycles. The van der Waals surface area contributed by atoms with Gasteiger partial charge in [0, 0.05) is 24.3 Å². The molecule has 0 unspecified atom stereocenters. The van der Waals surface area contributed by atoms with E-state index in [1.807, 2.05) is 0 Å². The highest BCUT2D eigenvalue weighted by atomic mass is 33.1. The molecule has 2 heterocycles. The van der Waals surface area contributed by atoms with Gasteiger partial charge in [-0.05, 0) is 33.7 Å². The Morgan fingerprint density at radius 2 is 1.19 bits per heavy atom. The molecule has 0 bridgehead atoms. The van der Waals surface area contributed by atoms with E-state index in [4.69, 9.17) is 0 Å². The van der Waals surface area contributed by atoms with Crippen molar-refractivity contribution in [3.05, 3.63) is 56.6 Å². The van der Waals surface area contributed by atoms with E-state index in [9.17, 15) is 20.2 Å². The lowest BCUT2D eigenvalue weighted by Crippen LogP contribution is -1.85. The van der Waals surface area contributed by atoms with Gasteiger partial charge in [0.15, 0.2) is 8.68 Å². The Morgan fingerprint density at radius 3 is 1.58 bits per heavy atom. The molecule has 4 rings (SSSR count). The number of benzene rings is 2. The lowest BCUT2D eigenvalue weighted by atomic mass is 10.3. The summed E-state index contributed by atoms with van der Waals surface area (Å²) < 4.78 is 3.02. The fourth-order valence-electron chi connectivity index (χ4n) is 2.15. The second-order valence-corrected chi connectivity index (χ2v) is 9.63. The molecule has 8 nitrogen and oxygen atoms in total. The zero-order valence-electron chi connectivity index (χ0n) is 12.5. The van der Waals surface area contributed by atoms with Crippen LogP contribution in [0.15, 0.2) is 45.1 Å². The Morgan fingerprint density at radius 1 is 0.769 bits per heavy atom. The monoisotopic (exact) mass is 422 g/mol. The molecule has 0 N–H and O–H groups in total. The van der Waals surface area contributed by atoms with E-state index >= 15 is 0 Å². The van der Waals surface area contributed by atoms with E-state index in [-0.39, 0.29) is 11.4 Å². The number of non-ortho nitro benzene ring substituents is 2. The van der Waals surface area contributed by atoms with Crippen LogP contribution in [0.4, 0.5) is 11.4 Å². The van der Waals surface area contributed by atoms with Crippen LogP contribution >= 0.6 is 44.3 Å². The highest BCUT2D eigenvalue weighted by Gasteiger charge is 2.14. The number of fused-ring (bicyclic) bond motifs is 2. The van der Waals surface area contributed by atoms with Crippen LogP contribution in [0.3, 0.4) is 0 Å². The Bertz CT molecular complexity index is 1080. The van der Waals surface area contributed by atoms with Gasteiger partial charge in [-0.1, -0.05) is 0 Å². The minimum absolute atomic E-state index is 0.0399. The summed E-state index contributed by atoms with van der Waals surface area (Å²) in [6.45, 7) is 0. The molecule has 26 heavy (non-hydrogen) atoms. The first-order valence-electron chi connectivity index (χ1n) is 6.94. The molecule has 12 heteroatoms. The van der Waals surface area contributed by atoms with Crippen LogP contribution < -0.4 is 0 Å². The first-order valence-corrected chi connectivity index (χ1v) is 10.7. The van der Waals surface area contributed by atoms with Crippen LogP contribution in [-0.2, 0) is 0 Å². The SMILES string of the molecule is O=[N+]([O-])c1ccc2nc(SSc3nc4ccc([N+](=O)[O-])cc4s3)sc2c1. The smallest absolute Gasteiger partial charge is 0.258 e. The number of nitro benzene ring substituents is 2. The normalized spacial score (nSPS) is 11.2. The van der Waals surface area contributed by atoms with Crippen molar-refractivity contribution < 1.29 is 9.85 Å². The van der Waals surface area contributed by atoms with Gasteiger partial charge in [-0.2, -0.15) is 0 Å². The molecule has 4 aromatic rings. The third-order valence-electron chi connectivity index (χ3n) is 3.31. The lowest BCUT2D eigenvalue weighted by Gasteiger charge is -1.90. The predicted octanol–water partition coefficient (Wildman–Crippen LogP) is 5.52. The van der Waals surface area contributed by atoms with Crippen LogP contribution in [0.5, 0.6) is 0 Å². The average Bonchev–Trinajstić information content (AvgIpc) is 3.21. The molecule has 0 fully saturated rings. The molecule has 2 aromatic carbocycles. The highest BCUT2D eigenvalue weighted by Crippen LogP contribution is 2.44.